The number of alkyl halides is 3. The Morgan fingerprint density at radius 3 is 2.30 bits per heavy atom. The highest BCUT2D eigenvalue weighted by Crippen LogP contribution is 2.41. The SMILES string of the molecule is CC1(C)CN(C(c2ccc3c(C(C)(C)C)cccc3c2)C(F)(F)F)NC1=O. The smallest absolute Gasteiger partial charge is 0.287 e. The van der Waals surface area contributed by atoms with Gasteiger partial charge < -0.3 is 0 Å². The van der Waals surface area contributed by atoms with Gasteiger partial charge >= 0.3 is 6.18 Å². The fourth-order valence-corrected chi connectivity index (χ4v) is 3.65. The van der Waals surface area contributed by atoms with Gasteiger partial charge in [0.2, 0.25) is 5.91 Å². The monoisotopic (exact) mass is 378 g/mol. The highest BCUT2D eigenvalue weighted by molar-refractivity contribution is 5.87. The molecule has 2 aromatic carbocycles. The lowest BCUT2D eigenvalue weighted by Crippen LogP contribution is -2.43. The predicted molar refractivity (Wildman–Crippen MR) is 100 cm³/mol. The van der Waals surface area contributed by atoms with E-state index in [0.29, 0.717) is 0 Å². The molecule has 1 unspecified atom stereocenters. The van der Waals surface area contributed by atoms with Gasteiger partial charge in [-0.25, -0.2) is 5.01 Å². The summed E-state index contributed by atoms with van der Waals surface area (Å²) in [5.41, 5.74) is 2.65. The van der Waals surface area contributed by atoms with Crippen molar-refractivity contribution < 1.29 is 18.0 Å². The molecular formula is C21H25F3N2O. The van der Waals surface area contributed by atoms with Gasteiger partial charge in [-0.1, -0.05) is 51.1 Å². The fourth-order valence-electron chi connectivity index (χ4n) is 3.65. The molecule has 1 aliphatic rings. The van der Waals surface area contributed by atoms with E-state index in [1.54, 1.807) is 26.0 Å². The zero-order chi connectivity index (χ0) is 20.2. The highest BCUT2D eigenvalue weighted by Gasteiger charge is 2.51. The average molecular weight is 378 g/mol. The second-order valence-corrected chi connectivity index (χ2v) is 8.93. The minimum atomic E-state index is -4.51. The van der Waals surface area contributed by atoms with Crippen molar-refractivity contribution in [2.45, 2.75) is 52.3 Å². The van der Waals surface area contributed by atoms with Crippen molar-refractivity contribution in [3.63, 3.8) is 0 Å². The molecule has 0 radical (unpaired) electrons. The van der Waals surface area contributed by atoms with Gasteiger partial charge in [0.25, 0.3) is 0 Å². The summed E-state index contributed by atoms with van der Waals surface area (Å²) < 4.78 is 41.7. The lowest BCUT2D eigenvalue weighted by atomic mass is 9.83. The molecule has 1 amide bonds. The first-order valence-corrected chi connectivity index (χ1v) is 8.98. The Labute approximate surface area is 157 Å². The molecular weight excluding hydrogens is 353 g/mol. The molecule has 1 N–H and O–H groups in total. The number of benzene rings is 2. The van der Waals surface area contributed by atoms with Gasteiger partial charge in [-0.05, 0) is 47.2 Å². The van der Waals surface area contributed by atoms with Crippen molar-refractivity contribution in [1.29, 1.82) is 0 Å². The summed E-state index contributed by atoms with van der Waals surface area (Å²) >= 11 is 0. The van der Waals surface area contributed by atoms with Crippen LogP contribution in [0.4, 0.5) is 13.2 Å². The molecule has 27 heavy (non-hydrogen) atoms. The van der Waals surface area contributed by atoms with E-state index in [9.17, 15) is 18.0 Å². The van der Waals surface area contributed by atoms with E-state index in [4.69, 9.17) is 0 Å². The van der Waals surface area contributed by atoms with Crippen LogP contribution < -0.4 is 5.43 Å². The zero-order valence-corrected chi connectivity index (χ0v) is 16.2. The maximum atomic E-state index is 13.9. The molecule has 146 valence electrons. The summed E-state index contributed by atoms with van der Waals surface area (Å²) in [6.07, 6.45) is -4.51. The topological polar surface area (TPSA) is 32.3 Å². The van der Waals surface area contributed by atoms with Gasteiger partial charge in [-0.2, -0.15) is 13.2 Å². The number of fused-ring (bicyclic) bond motifs is 1. The fraction of sp³-hybridized carbons (Fsp3) is 0.476. The zero-order valence-electron chi connectivity index (χ0n) is 16.2. The molecule has 3 rings (SSSR count). The average Bonchev–Trinajstić information content (AvgIpc) is 2.77. The van der Waals surface area contributed by atoms with Crippen LogP contribution in [-0.2, 0) is 10.2 Å². The molecule has 1 aliphatic heterocycles. The van der Waals surface area contributed by atoms with Gasteiger partial charge in [0.15, 0.2) is 0 Å². The number of carbonyl (C=O) groups is 1. The van der Waals surface area contributed by atoms with Crippen LogP contribution in [0.25, 0.3) is 10.8 Å². The summed E-state index contributed by atoms with van der Waals surface area (Å²) in [6.45, 7) is 9.52. The van der Waals surface area contributed by atoms with Crippen LogP contribution in [0, 0.1) is 5.41 Å². The molecule has 1 fully saturated rings. The van der Waals surface area contributed by atoms with Crippen LogP contribution in [0.15, 0.2) is 36.4 Å². The minimum Gasteiger partial charge on any atom is -0.287 e. The van der Waals surface area contributed by atoms with Crippen LogP contribution in [0.3, 0.4) is 0 Å². The van der Waals surface area contributed by atoms with Gasteiger partial charge in [-0.3, -0.25) is 10.2 Å². The molecule has 0 aromatic heterocycles. The van der Waals surface area contributed by atoms with Crippen molar-refractivity contribution in [1.82, 2.24) is 10.4 Å². The number of carbonyl (C=O) groups excluding carboxylic acids is 1. The molecule has 0 bridgehead atoms. The molecule has 1 saturated heterocycles. The Hall–Kier alpha value is -2.08. The van der Waals surface area contributed by atoms with E-state index in [0.717, 1.165) is 21.3 Å². The quantitative estimate of drug-likeness (QED) is 0.787. The number of halogens is 3. The first kappa shape index (κ1) is 19.7. The molecule has 0 aliphatic carbocycles. The second kappa shape index (κ2) is 6.23. The van der Waals surface area contributed by atoms with Crippen LogP contribution in [0.1, 0.15) is 51.8 Å². The number of hydrazine groups is 1. The van der Waals surface area contributed by atoms with Crippen molar-refractivity contribution in [3.05, 3.63) is 47.5 Å². The minimum absolute atomic E-state index is 0.00389. The standard InChI is InChI=1S/C21H25F3N2O/c1-19(2,3)16-8-6-7-13-11-14(9-10-15(13)16)17(21(22,23)24)26-12-20(4,5)18(27)25-26/h6-11,17H,12H2,1-5H3,(H,25,27). The molecule has 2 aromatic rings. The summed E-state index contributed by atoms with van der Waals surface area (Å²) in [7, 11) is 0. The third kappa shape index (κ3) is 3.68. The van der Waals surface area contributed by atoms with Gasteiger partial charge in [0.05, 0.1) is 5.41 Å². The van der Waals surface area contributed by atoms with Crippen molar-refractivity contribution in [3.8, 4) is 0 Å². The van der Waals surface area contributed by atoms with E-state index in [1.165, 1.54) is 6.07 Å². The van der Waals surface area contributed by atoms with Crippen molar-refractivity contribution in [2.24, 2.45) is 5.41 Å². The van der Waals surface area contributed by atoms with Gasteiger partial charge in [0.1, 0.15) is 6.04 Å². The van der Waals surface area contributed by atoms with E-state index >= 15 is 0 Å². The Balaban J connectivity index is 2.09. The second-order valence-electron chi connectivity index (χ2n) is 8.93. The summed E-state index contributed by atoms with van der Waals surface area (Å²) in [5.74, 6) is -0.396. The van der Waals surface area contributed by atoms with Crippen LogP contribution >= 0.6 is 0 Å². The molecule has 6 heteroatoms. The third-order valence-corrected chi connectivity index (χ3v) is 5.08. The molecule has 3 nitrogen and oxygen atoms in total. The lowest BCUT2D eigenvalue weighted by Gasteiger charge is -2.30. The number of amides is 1. The van der Waals surface area contributed by atoms with E-state index in [-0.39, 0.29) is 17.5 Å². The Morgan fingerprint density at radius 2 is 1.78 bits per heavy atom. The largest absolute Gasteiger partial charge is 0.409 e. The lowest BCUT2D eigenvalue weighted by molar-refractivity contribution is -0.191. The Bertz CT molecular complexity index is 881. The van der Waals surface area contributed by atoms with Gasteiger partial charge in [-0.15, -0.1) is 0 Å². The first-order chi connectivity index (χ1) is 12.3. The molecule has 1 heterocycles. The number of nitrogens with zero attached hydrogens (tertiary/aromatic N) is 1. The summed E-state index contributed by atoms with van der Waals surface area (Å²) in [5, 5.41) is 2.72. The number of hydrogen-bond acceptors (Lipinski definition) is 2. The van der Waals surface area contributed by atoms with Crippen molar-refractivity contribution in [2.75, 3.05) is 6.54 Å². The van der Waals surface area contributed by atoms with Crippen LogP contribution in [0.5, 0.6) is 0 Å². The van der Waals surface area contributed by atoms with E-state index in [2.05, 4.69) is 26.2 Å². The highest BCUT2D eigenvalue weighted by atomic mass is 19.4. The predicted octanol–water partition coefficient (Wildman–Crippen LogP) is 5.11. The normalized spacial score (nSPS) is 19.3. The maximum Gasteiger partial charge on any atom is 0.409 e. The van der Waals surface area contributed by atoms with E-state index in [1.807, 2.05) is 18.2 Å². The number of rotatable bonds is 2. The third-order valence-electron chi connectivity index (χ3n) is 5.08. The molecule has 0 spiro atoms. The number of hydrogen-bond donors (Lipinski definition) is 1. The maximum absolute atomic E-state index is 13.9. The van der Waals surface area contributed by atoms with Crippen LogP contribution in [-0.4, -0.2) is 23.6 Å². The Kier molecular flexibility index (Phi) is 4.54. The molecule has 0 saturated carbocycles. The first-order valence-electron chi connectivity index (χ1n) is 8.98. The van der Waals surface area contributed by atoms with Crippen molar-refractivity contribution >= 4 is 16.7 Å². The van der Waals surface area contributed by atoms with Gasteiger partial charge in [0, 0.05) is 6.54 Å². The molecule has 1 atom stereocenters. The van der Waals surface area contributed by atoms with Crippen LogP contribution in [0.2, 0.25) is 0 Å². The van der Waals surface area contributed by atoms with E-state index < -0.39 is 23.5 Å². The summed E-state index contributed by atoms with van der Waals surface area (Å²) in [4.78, 5) is 12.0. The Morgan fingerprint density at radius 1 is 1.11 bits per heavy atom. The number of nitrogens with one attached hydrogen (secondary N) is 1. The summed E-state index contributed by atoms with van der Waals surface area (Å²) in [6, 6.07) is 8.68.